The van der Waals surface area contributed by atoms with Crippen LogP contribution in [0.2, 0.25) is 0 Å². The van der Waals surface area contributed by atoms with Crippen LogP contribution in [0.1, 0.15) is 44.2 Å². The van der Waals surface area contributed by atoms with Gasteiger partial charge < -0.3 is 20.4 Å². The summed E-state index contributed by atoms with van der Waals surface area (Å²) < 4.78 is 0. The van der Waals surface area contributed by atoms with Crippen LogP contribution in [0.25, 0.3) is 0 Å². The lowest BCUT2D eigenvalue weighted by atomic mass is 10.0. The summed E-state index contributed by atoms with van der Waals surface area (Å²) >= 11 is 0. The third-order valence-corrected chi connectivity index (χ3v) is 5.46. The summed E-state index contributed by atoms with van der Waals surface area (Å²) in [4.78, 5) is 20.7. The molecule has 1 unspecified atom stereocenters. The van der Waals surface area contributed by atoms with Crippen molar-refractivity contribution < 1.29 is 4.79 Å². The highest BCUT2D eigenvalue weighted by Gasteiger charge is 2.32. The molecule has 1 saturated heterocycles. The Labute approximate surface area is 186 Å². The van der Waals surface area contributed by atoms with Crippen molar-refractivity contribution in [3.05, 3.63) is 35.9 Å². The molecule has 0 radical (unpaired) electrons. The number of hydrogen-bond donors (Lipinski definition) is 2. The van der Waals surface area contributed by atoms with Gasteiger partial charge in [0.05, 0.1) is 6.04 Å². The molecule has 1 heterocycles. The summed E-state index contributed by atoms with van der Waals surface area (Å²) in [6, 6.07) is 11.7. The smallest absolute Gasteiger partial charge is 0.243 e. The standard InChI is InChI=1S/C21H33N5O.HI/c1-16(17-7-5-4-6-8-17)23-21(22-15-20(27)25(2)3)24-18-11-13-26(14-12-18)19-9-10-19;/h4-8,16,18-19H,9-15H2,1-3H3,(H2,22,23,24);1H. The lowest BCUT2D eigenvalue weighted by Gasteiger charge is -2.33. The average molecular weight is 499 g/mol. The van der Waals surface area contributed by atoms with Crippen molar-refractivity contribution in [1.82, 2.24) is 20.4 Å². The number of hydrogen-bond acceptors (Lipinski definition) is 3. The summed E-state index contributed by atoms with van der Waals surface area (Å²) in [6.45, 7) is 4.59. The Kier molecular flexibility index (Phi) is 9.01. The minimum atomic E-state index is 0. The SMILES string of the molecule is CC(NC(=NCC(=O)N(C)C)NC1CCN(C2CC2)CC1)c1ccccc1.I. The predicted octanol–water partition coefficient (Wildman–Crippen LogP) is 2.62. The molecule has 2 aliphatic rings. The molecule has 0 bridgehead atoms. The van der Waals surface area contributed by atoms with E-state index >= 15 is 0 Å². The number of amides is 1. The monoisotopic (exact) mass is 499 g/mol. The quantitative estimate of drug-likeness (QED) is 0.359. The van der Waals surface area contributed by atoms with Crippen LogP contribution in [-0.4, -0.2) is 67.5 Å². The van der Waals surface area contributed by atoms with Crippen molar-refractivity contribution in [3.8, 4) is 0 Å². The zero-order valence-electron chi connectivity index (χ0n) is 17.2. The lowest BCUT2D eigenvalue weighted by molar-refractivity contribution is -0.127. The van der Waals surface area contributed by atoms with Crippen LogP contribution in [0.15, 0.2) is 35.3 Å². The number of carbonyl (C=O) groups is 1. The van der Waals surface area contributed by atoms with Gasteiger partial charge in [0.25, 0.3) is 0 Å². The minimum absolute atomic E-state index is 0. The highest BCUT2D eigenvalue weighted by molar-refractivity contribution is 14.0. The van der Waals surface area contributed by atoms with Gasteiger partial charge in [-0.1, -0.05) is 30.3 Å². The molecule has 1 aromatic rings. The fourth-order valence-corrected chi connectivity index (χ4v) is 3.49. The van der Waals surface area contributed by atoms with E-state index in [1.807, 2.05) is 18.2 Å². The van der Waals surface area contributed by atoms with Gasteiger partial charge in [-0.05, 0) is 38.2 Å². The first-order valence-corrected chi connectivity index (χ1v) is 10.1. The Morgan fingerprint density at radius 3 is 2.39 bits per heavy atom. The third kappa shape index (κ3) is 6.92. The normalized spacial score (nSPS) is 19.5. The predicted molar refractivity (Wildman–Crippen MR) is 125 cm³/mol. The van der Waals surface area contributed by atoms with Crippen molar-refractivity contribution >= 4 is 35.8 Å². The van der Waals surface area contributed by atoms with E-state index < -0.39 is 0 Å². The number of rotatable bonds is 6. The first-order valence-electron chi connectivity index (χ1n) is 10.1. The second-order valence-corrected chi connectivity index (χ2v) is 7.92. The molecule has 1 aliphatic heterocycles. The summed E-state index contributed by atoms with van der Waals surface area (Å²) in [5.41, 5.74) is 1.20. The number of piperidine rings is 1. The molecule has 1 aromatic carbocycles. The second-order valence-electron chi connectivity index (χ2n) is 7.92. The molecule has 156 valence electrons. The first kappa shape index (κ1) is 22.9. The van der Waals surface area contributed by atoms with Crippen molar-refractivity contribution in [1.29, 1.82) is 0 Å². The maximum atomic E-state index is 12.0. The van der Waals surface area contributed by atoms with Crippen LogP contribution in [-0.2, 0) is 4.79 Å². The highest BCUT2D eigenvalue weighted by atomic mass is 127. The number of nitrogens with zero attached hydrogens (tertiary/aromatic N) is 3. The van der Waals surface area contributed by atoms with E-state index in [0.717, 1.165) is 37.9 Å². The summed E-state index contributed by atoms with van der Waals surface area (Å²) in [6.07, 6.45) is 4.98. The van der Waals surface area contributed by atoms with E-state index in [1.54, 1.807) is 19.0 Å². The number of nitrogens with one attached hydrogen (secondary N) is 2. The maximum absolute atomic E-state index is 12.0. The molecule has 2 N–H and O–H groups in total. The van der Waals surface area contributed by atoms with Crippen LogP contribution in [0.4, 0.5) is 0 Å². The fourth-order valence-electron chi connectivity index (χ4n) is 3.49. The Morgan fingerprint density at radius 1 is 1.18 bits per heavy atom. The zero-order chi connectivity index (χ0) is 19.2. The summed E-state index contributed by atoms with van der Waals surface area (Å²) in [7, 11) is 3.52. The topological polar surface area (TPSA) is 60.0 Å². The molecular formula is C21H34IN5O. The largest absolute Gasteiger partial charge is 0.354 e. The molecule has 2 fully saturated rings. The van der Waals surface area contributed by atoms with Crippen molar-refractivity contribution in [2.75, 3.05) is 33.7 Å². The molecule has 3 rings (SSSR count). The Hall–Kier alpha value is -1.35. The van der Waals surface area contributed by atoms with E-state index in [2.05, 4.69) is 39.6 Å². The van der Waals surface area contributed by atoms with Gasteiger partial charge in [0.15, 0.2) is 5.96 Å². The van der Waals surface area contributed by atoms with Gasteiger partial charge >= 0.3 is 0 Å². The van der Waals surface area contributed by atoms with Crippen LogP contribution < -0.4 is 10.6 Å². The molecule has 0 spiro atoms. The van der Waals surface area contributed by atoms with E-state index in [-0.39, 0.29) is 42.5 Å². The Bertz CT molecular complexity index is 639. The van der Waals surface area contributed by atoms with E-state index in [4.69, 9.17) is 0 Å². The Balaban J connectivity index is 0.00000280. The van der Waals surface area contributed by atoms with Crippen molar-refractivity contribution in [2.24, 2.45) is 4.99 Å². The van der Waals surface area contributed by atoms with Gasteiger partial charge in [0.2, 0.25) is 5.91 Å². The Morgan fingerprint density at radius 2 is 1.82 bits per heavy atom. The van der Waals surface area contributed by atoms with E-state index in [9.17, 15) is 4.79 Å². The van der Waals surface area contributed by atoms with Crippen LogP contribution in [0, 0.1) is 0 Å². The number of guanidine groups is 1. The molecule has 6 nitrogen and oxygen atoms in total. The highest BCUT2D eigenvalue weighted by Crippen LogP contribution is 2.29. The molecule has 0 aromatic heterocycles. The molecule has 1 amide bonds. The molecule has 1 atom stereocenters. The van der Waals surface area contributed by atoms with Crippen LogP contribution in [0.5, 0.6) is 0 Å². The van der Waals surface area contributed by atoms with Gasteiger partial charge in [0, 0.05) is 39.3 Å². The number of likely N-dealkylation sites (N-methyl/N-ethyl adjacent to an activating group) is 1. The number of benzene rings is 1. The molecule has 7 heteroatoms. The van der Waals surface area contributed by atoms with Crippen LogP contribution in [0.3, 0.4) is 0 Å². The minimum Gasteiger partial charge on any atom is -0.354 e. The van der Waals surface area contributed by atoms with Gasteiger partial charge in [-0.2, -0.15) is 0 Å². The van der Waals surface area contributed by atoms with Gasteiger partial charge in [-0.15, -0.1) is 24.0 Å². The maximum Gasteiger partial charge on any atom is 0.243 e. The van der Waals surface area contributed by atoms with E-state index in [1.165, 1.54) is 18.4 Å². The summed E-state index contributed by atoms with van der Waals surface area (Å²) in [5, 5.41) is 7.05. The zero-order valence-corrected chi connectivity index (χ0v) is 19.6. The second kappa shape index (κ2) is 11.0. The first-order chi connectivity index (χ1) is 13.0. The van der Waals surface area contributed by atoms with Crippen molar-refractivity contribution in [3.63, 3.8) is 0 Å². The molecule has 1 saturated carbocycles. The molecule has 28 heavy (non-hydrogen) atoms. The van der Waals surface area contributed by atoms with E-state index in [0.29, 0.717) is 6.04 Å². The molecule has 1 aliphatic carbocycles. The van der Waals surface area contributed by atoms with Crippen LogP contribution >= 0.6 is 24.0 Å². The lowest BCUT2D eigenvalue weighted by Crippen LogP contribution is -2.49. The summed E-state index contributed by atoms with van der Waals surface area (Å²) in [5.74, 6) is 0.735. The van der Waals surface area contributed by atoms with Gasteiger partial charge in [-0.25, -0.2) is 4.99 Å². The number of carbonyl (C=O) groups excluding carboxylic acids is 1. The van der Waals surface area contributed by atoms with Crippen molar-refractivity contribution in [2.45, 2.75) is 50.7 Å². The fraction of sp³-hybridized carbons (Fsp3) is 0.619. The molecular weight excluding hydrogens is 465 g/mol. The number of likely N-dealkylation sites (tertiary alicyclic amines) is 1. The number of aliphatic imine (C=N–C) groups is 1. The van der Waals surface area contributed by atoms with Gasteiger partial charge in [0.1, 0.15) is 6.54 Å². The number of halogens is 1. The average Bonchev–Trinajstić information content (AvgIpc) is 3.52. The third-order valence-electron chi connectivity index (χ3n) is 5.46. The van der Waals surface area contributed by atoms with Gasteiger partial charge in [-0.3, -0.25) is 4.79 Å².